The second-order valence-electron chi connectivity index (χ2n) is 6.46. The molecule has 2 aromatic rings. The van der Waals surface area contributed by atoms with Gasteiger partial charge in [-0.1, -0.05) is 0 Å². The molecule has 0 saturated carbocycles. The van der Waals surface area contributed by atoms with Gasteiger partial charge in [0.15, 0.2) is 18.2 Å². The van der Waals surface area contributed by atoms with Crippen molar-refractivity contribution < 1.29 is 14.2 Å². The van der Waals surface area contributed by atoms with E-state index in [1.807, 2.05) is 12.1 Å². The quantitative estimate of drug-likeness (QED) is 0.674. The summed E-state index contributed by atoms with van der Waals surface area (Å²) in [5, 5.41) is 2.91. The fourth-order valence-electron chi connectivity index (χ4n) is 3.10. The predicted molar refractivity (Wildman–Crippen MR) is 97.8 cm³/mol. The van der Waals surface area contributed by atoms with E-state index in [0.29, 0.717) is 5.56 Å². The maximum Gasteiger partial charge on any atom is 0.290 e. The Hall–Kier alpha value is -2.69. The minimum absolute atomic E-state index is 0.0111. The average molecular weight is 338 g/mol. The number of carbonyl (C=O) groups is 2. The van der Waals surface area contributed by atoms with E-state index in [1.165, 1.54) is 31.9 Å². The molecule has 130 valence electrons. The number of ketones is 1. The summed E-state index contributed by atoms with van der Waals surface area (Å²) in [6.07, 6.45) is 7.28. The molecular weight excluding hydrogens is 314 g/mol. The number of aromatic nitrogens is 1. The Kier molecular flexibility index (Phi) is 5.43. The lowest BCUT2D eigenvalue weighted by atomic mass is 10.1. The molecule has 1 aliphatic rings. The molecule has 1 saturated heterocycles. The van der Waals surface area contributed by atoms with E-state index in [2.05, 4.69) is 22.3 Å². The second-order valence-corrected chi connectivity index (χ2v) is 6.46. The van der Waals surface area contributed by atoms with E-state index >= 15 is 0 Å². The fraction of sp³-hybridized carbons (Fsp3) is 0.350. The summed E-state index contributed by atoms with van der Waals surface area (Å²) < 4.78 is 1.72. The molecule has 25 heavy (non-hydrogen) atoms. The lowest BCUT2D eigenvalue weighted by molar-refractivity contribution is -0.684. The first-order chi connectivity index (χ1) is 12.1. The number of piperidine rings is 1. The molecule has 0 aliphatic carbocycles. The summed E-state index contributed by atoms with van der Waals surface area (Å²) in [7, 11) is 0. The van der Waals surface area contributed by atoms with Crippen LogP contribution in [0.4, 0.5) is 11.4 Å². The molecule has 5 nitrogen and oxygen atoms in total. The lowest BCUT2D eigenvalue weighted by Gasteiger charge is -2.28. The second kappa shape index (κ2) is 7.92. The topological polar surface area (TPSA) is 53.3 Å². The molecule has 0 bridgehead atoms. The van der Waals surface area contributed by atoms with Crippen LogP contribution in [0.25, 0.3) is 0 Å². The van der Waals surface area contributed by atoms with Gasteiger partial charge in [-0.05, 0) is 56.5 Å². The standard InChI is InChI=1S/C20H23N3O2/c1-16(24)17-6-5-11-22(14-17)15-20(25)21-18-7-9-19(10-8-18)23-12-3-2-4-13-23/h5-11,14H,2-4,12-13,15H2,1H3/p+1. The number of nitrogens with one attached hydrogen (secondary N) is 1. The van der Waals surface area contributed by atoms with Crippen molar-refractivity contribution in [3.05, 3.63) is 54.4 Å². The molecule has 1 aromatic carbocycles. The van der Waals surface area contributed by atoms with Crippen LogP contribution >= 0.6 is 0 Å². The van der Waals surface area contributed by atoms with Crippen molar-refractivity contribution in [2.45, 2.75) is 32.7 Å². The largest absolute Gasteiger partial charge is 0.372 e. The van der Waals surface area contributed by atoms with Crippen molar-refractivity contribution in [1.29, 1.82) is 0 Å². The summed E-state index contributed by atoms with van der Waals surface area (Å²) in [5.74, 6) is -0.125. The van der Waals surface area contributed by atoms with Crippen molar-refractivity contribution in [2.24, 2.45) is 0 Å². The Balaban J connectivity index is 1.59. The highest BCUT2D eigenvalue weighted by Crippen LogP contribution is 2.21. The van der Waals surface area contributed by atoms with E-state index in [0.717, 1.165) is 18.8 Å². The van der Waals surface area contributed by atoms with Gasteiger partial charge in [-0.2, -0.15) is 4.57 Å². The predicted octanol–water partition coefficient (Wildman–Crippen LogP) is 2.81. The minimum atomic E-state index is -0.114. The average Bonchev–Trinajstić information content (AvgIpc) is 2.63. The van der Waals surface area contributed by atoms with Crippen molar-refractivity contribution in [1.82, 2.24) is 0 Å². The Morgan fingerprint density at radius 3 is 2.48 bits per heavy atom. The van der Waals surface area contributed by atoms with E-state index in [9.17, 15) is 9.59 Å². The minimum Gasteiger partial charge on any atom is -0.372 e. The maximum absolute atomic E-state index is 12.2. The molecular formula is C20H24N3O2+. The van der Waals surface area contributed by atoms with Crippen LogP contribution in [-0.4, -0.2) is 24.8 Å². The highest BCUT2D eigenvalue weighted by molar-refractivity contribution is 5.93. The van der Waals surface area contributed by atoms with Crippen LogP contribution in [0.5, 0.6) is 0 Å². The lowest BCUT2D eigenvalue weighted by Crippen LogP contribution is -2.40. The number of amides is 1. The molecule has 1 amide bonds. The molecule has 0 atom stereocenters. The van der Waals surface area contributed by atoms with Gasteiger partial charge in [0.2, 0.25) is 6.54 Å². The van der Waals surface area contributed by atoms with Gasteiger partial charge in [-0.3, -0.25) is 9.59 Å². The Bertz CT molecular complexity index is 750. The fourth-order valence-corrected chi connectivity index (χ4v) is 3.10. The number of pyridine rings is 1. The van der Waals surface area contributed by atoms with Gasteiger partial charge in [0, 0.05) is 30.5 Å². The Morgan fingerprint density at radius 1 is 1.08 bits per heavy atom. The van der Waals surface area contributed by atoms with Crippen LogP contribution in [0.2, 0.25) is 0 Å². The molecule has 0 spiro atoms. The van der Waals surface area contributed by atoms with Crippen LogP contribution in [-0.2, 0) is 11.3 Å². The first-order valence-corrected chi connectivity index (χ1v) is 8.77. The summed E-state index contributed by atoms with van der Waals surface area (Å²) >= 11 is 0. The molecule has 1 aliphatic heterocycles. The third kappa shape index (κ3) is 4.66. The highest BCUT2D eigenvalue weighted by atomic mass is 16.2. The van der Waals surface area contributed by atoms with Gasteiger partial charge in [0.1, 0.15) is 0 Å². The van der Waals surface area contributed by atoms with E-state index in [1.54, 1.807) is 29.1 Å². The zero-order valence-electron chi connectivity index (χ0n) is 14.6. The van der Waals surface area contributed by atoms with Crippen molar-refractivity contribution in [2.75, 3.05) is 23.3 Å². The van der Waals surface area contributed by atoms with Crippen molar-refractivity contribution in [3.8, 4) is 0 Å². The number of rotatable bonds is 5. The van der Waals surface area contributed by atoms with Crippen LogP contribution < -0.4 is 14.8 Å². The van der Waals surface area contributed by atoms with Gasteiger partial charge in [-0.25, -0.2) is 0 Å². The summed E-state index contributed by atoms with van der Waals surface area (Å²) in [6.45, 7) is 3.91. The smallest absolute Gasteiger partial charge is 0.290 e. The zero-order chi connectivity index (χ0) is 17.6. The summed E-state index contributed by atoms with van der Waals surface area (Å²) in [5.41, 5.74) is 2.59. The van der Waals surface area contributed by atoms with Gasteiger partial charge >= 0.3 is 0 Å². The van der Waals surface area contributed by atoms with Gasteiger partial charge in [-0.15, -0.1) is 0 Å². The molecule has 0 radical (unpaired) electrons. The maximum atomic E-state index is 12.2. The van der Waals surface area contributed by atoms with Crippen LogP contribution in [0.15, 0.2) is 48.8 Å². The van der Waals surface area contributed by atoms with E-state index in [4.69, 9.17) is 0 Å². The van der Waals surface area contributed by atoms with Crippen molar-refractivity contribution >= 4 is 23.1 Å². The monoisotopic (exact) mass is 338 g/mol. The van der Waals surface area contributed by atoms with Gasteiger partial charge in [0.05, 0.1) is 5.56 Å². The number of anilines is 2. The number of nitrogens with zero attached hydrogens (tertiary/aromatic N) is 2. The molecule has 5 heteroatoms. The Labute approximate surface area is 148 Å². The van der Waals surface area contributed by atoms with Crippen molar-refractivity contribution in [3.63, 3.8) is 0 Å². The van der Waals surface area contributed by atoms with E-state index < -0.39 is 0 Å². The molecule has 1 fully saturated rings. The normalized spacial score (nSPS) is 14.2. The first-order valence-electron chi connectivity index (χ1n) is 8.77. The molecule has 0 unspecified atom stereocenters. The van der Waals surface area contributed by atoms with Crippen LogP contribution in [0.3, 0.4) is 0 Å². The molecule has 1 aromatic heterocycles. The number of Topliss-reactive ketones (excluding diaryl/α,β-unsaturated/α-hetero) is 1. The van der Waals surface area contributed by atoms with Crippen LogP contribution in [0.1, 0.15) is 36.5 Å². The first kappa shape index (κ1) is 17.1. The van der Waals surface area contributed by atoms with Crippen LogP contribution in [0, 0.1) is 0 Å². The molecule has 2 heterocycles. The molecule has 3 rings (SSSR count). The number of hydrogen-bond donors (Lipinski definition) is 1. The SMILES string of the molecule is CC(=O)c1ccc[n+](CC(=O)Nc2ccc(N3CCCCC3)cc2)c1. The summed E-state index contributed by atoms with van der Waals surface area (Å²) in [6, 6.07) is 11.5. The highest BCUT2D eigenvalue weighted by Gasteiger charge is 2.13. The number of carbonyl (C=O) groups excluding carboxylic acids is 2. The number of benzene rings is 1. The van der Waals surface area contributed by atoms with Gasteiger partial charge < -0.3 is 10.2 Å². The Morgan fingerprint density at radius 2 is 1.80 bits per heavy atom. The third-order valence-corrected chi connectivity index (χ3v) is 4.46. The third-order valence-electron chi connectivity index (χ3n) is 4.46. The molecule has 1 N–H and O–H groups in total. The van der Waals surface area contributed by atoms with Gasteiger partial charge in [0.25, 0.3) is 5.91 Å². The van der Waals surface area contributed by atoms with E-state index in [-0.39, 0.29) is 18.2 Å². The summed E-state index contributed by atoms with van der Waals surface area (Å²) in [4.78, 5) is 26.0. The zero-order valence-corrected chi connectivity index (χ0v) is 14.6. The number of hydrogen-bond acceptors (Lipinski definition) is 3.